The zero-order valence-corrected chi connectivity index (χ0v) is 14.0. The summed E-state index contributed by atoms with van der Waals surface area (Å²) >= 11 is 0. The Bertz CT molecular complexity index is 677. The normalized spacial score (nSPS) is 12.3. The summed E-state index contributed by atoms with van der Waals surface area (Å²) in [4.78, 5) is 0. The van der Waals surface area contributed by atoms with E-state index in [0.717, 1.165) is 5.69 Å². The number of hydrogen-bond donors (Lipinski definition) is 1. The van der Waals surface area contributed by atoms with Crippen molar-refractivity contribution >= 4 is 16.8 Å². The van der Waals surface area contributed by atoms with Crippen molar-refractivity contribution in [3.8, 4) is 0 Å². The third kappa shape index (κ3) is 2.61. The predicted molar refractivity (Wildman–Crippen MR) is 94.4 cm³/mol. The summed E-state index contributed by atoms with van der Waals surface area (Å²) in [5.74, 6) is 0. The number of hydrogen-bond acceptors (Lipinski definition) is 1. The van der Waals surface area contributed by atoms with Gasteiger partial charge in [0.05, 0.1) is 0 Å². The van der Waals surface area contributed by atoms with Crippen LogP contribution in [0.2, 0.25) is 0 Å². The number of allylic oxidation sites excluding steroid dienone is 2. The van der Waals surface area contributed by atoms with Gasteiger partial charge in [0.25, 0.3) is 0 Å². The molecular weight excluding hydrogens is 254 g/mol. The fourth-order valence-corrected chi connectivity index (χ4v) is 2.92. The van der Waals surface area contributed by atoms with Gasteiger partial charge in [-0.2, -0.15) is 0 Å². The number of anilines is 1. The maximum atomic E-state index is 6.44. The molecule has 2 N–H and O–H groups in total. The van der Waals surface area contributed by atoms with Crippen molar-refractivity contribution in [1.29, 1.82) is 0 Å². The third-order valence-electron chi connectivity index (χ3n) is 4.88. The van der Waals surface area contributed by atoms with Gasteiger partial charge in [0.1, 0.15) is 0 Å². The molecule has 1 heteroatoms. The molecule has 2 aromatic rings. The molecule has 1 nitrogen and oxygen atoms in total. The smallest absolute Gasteiger partial charge is 0.0425 e. The Kier molecular flexibility index (Phi) is 4.22. The largest absolute Gasteiger partial charge is 0.398 e. The lowest BCUT2D eigenvalue weighted by Crippen LogP contribution is -2.05. The maximum absolute atomic E-state index is 6.44. The van der Waals surface area contributed by atoms with E-state index in [1.807, 2.05) is 6.07 Å². The van der Waals surface area contributed by atoms with Crippen molar-refractivity contribution < 1.29 is 0 Å². The quantitative estimate of drug-likeness (QED) is 0.574. The number of nitrogen functional groups attached to an aromatic ring is 1. The van der Waals surface area contributed by atoms with E-state index in [1.165, 1.54) is 44.5 Å². The fourth-order valence-electron chi connectivity index (χ4n) is 2.92. The minimum atomic E-state index is 0.920. The molecule has 0 saturated heterocycles. The zero-order valence-electron chi connectivity index (χ0n) is 14.0. The fraction of sp³-hybridized carbons (Fsp3) is 0.300. The van der Waals surface area contributed by atoms with E-state index in [9.17, 15) is 0 Å². The minimum absolute atomic E-state index is 0.920. The van der Waals surface area contributed by atoms with Crippen molar-refractivity contribution in [2.75, 3.05) is 5.73 Å². The SMILES string of the molecule is CC(=C(C)c1c(C)c(C)c(C)c(C)c1N)c1ccccc1. The second-order valence-corrected chi connectivity index (χ2v) is 5.90. The Morgan fingerprint density at radius 2 is 1.24 bits per heavy atom. The number of nitrogens with two attached hydrogens (primary N) is 1. The van der Waals surface area contributed by atoms with E-state index in [2.05, 4.69) is 65.8 Å². The minimum Gasteiger partial charge on any atom is -0.398 e. The standard InChI is InChI=1S/C20H25N/c1-12-13(2)17(6)20(21)19(15(12)4)16(5)14(3)18-10-8-7-9-11-18/h7-11H,21H2,1-6H3. The highest BCUT2D eigenvalue weighted by molar-refractivity contribution is 5.94. The molecule has 0 aliphatic carbocycles. The predicted octanol–water partition coefficient (Wildman–Crippen LogP) is 5.45. The molecule has 0 aromatic heterocycles. The van der Waals surface area contributed by atoms with Crippen LogP contribution in [0.4, 0.5) is 5.69 Å². The molecule has 0 amide bonds. The van der Waals surface area contributed by atoms with E-state index in [-0.39, 0.29) is 0 Å². The lowest BCUT2D eigenvalue weighted by atomic mass is 9.86. The van der Waals surface area contributed by atoms with Crippen LogP contribution in [-0.4, -0.2) is 0 Å². The number of benzene rings is 2. The summed E-state index contributed by atoms with van der Waals surface area (Å²) in [5.41, 5.74) is 17.5. The van der Waals surface area contributed by atoms with Gasteiger partial charge in [-0.1, -0.05) is 30.3 Å². The molecule has 21 heavy (non-hydrogen) atoms. The first kappa shape index (κ1) is 15.4. The van der Waals surface area contributed by atoms with Crippen LogP contribution in [0.3, 0.4) is 0 Å². The van der Waals surface area contributed by atoms with Crippen LogP contribution in [0.5, 0.6) is 0 Å². The van der Waals surface area contributed by atoms with E-state index in [0.29, 0.717) is 0 Å². The Hall–Kier alpha value is -2.02. The first-order valence-electron chi connectivity index (χ1n) is 7.45. The molecular formula is C20H25N. The molecule has 0 bridgehead atoms. The van der Waals surface area contributed by atoms with Gasteiger partial charge >= 0.3 is 0 Å². The van der Waals surface area contributed by atoms with E-state index in [1.54, 1.807) is 0 Å². The summed E-state index contributed by atoms with van der Waals surface area (Å²) in [7, 11) is 0. The van der Waals surface area contributed by atoms with Gasteiger partial charge in [0.2, 0.25) is 0 Å². The van der Waals surface area contributed by atoms with Crippen LogP contribution in [0.1, 0.15) is 47.2 Å². The molecule has 0 unspecified atom stereocenters. The van der Waals surface area contributed by atoms with Gasteiger partial charge in [-0.3, -0.25) is 0 Å². The van der Waals surface area contributed by atoms with Crippen LogP contribution >= 0.6 is 0 Å². The molecule has 0 radical (unpaired) electrons. The number of rotatable bonds is 2. The second-order valence-electron chi connectivity index (χ2n) is 5.90. The average Bonchev–Trinajstić information content (AvgIpc) is 2.51. The van der Waals surface area contributed by atoms with E-state index < -0.39 is 0 Å². The summed E-state index contributed by atoms with van der Waals surface area (Å²) < 4.78 is 0. The van der Waals surface area contributed by atoms with Crippen molar-refractivity contribution in [2.45, 2.75) is 41.5 Å². The molecule has 0 heterocycles. The lowest BCUT2D eigenvalue weighted by molar-refractivity contribution is 1.20. The maximum Gasteiger partial charge on any atom is 0.0425 e. The van der Waals surface area contributed by atoms with Gasteiger partial charge in [0, 0.05) is 11.3 Å². The van der Waals surface area contributed by atoms with Crippen LogP contribution in [0.15, 0.2) is 30.3 Å². The van der Waals surface area contributed by atoms with Gasteiger partial charge in [-0.05, 0) is 80.5 Å². The molecule has 0 aliphatic rings. The average molecular weight is 279 g/mol. The molecule has 110 valence electrons. The summed E-state index contributed by atoms with van der Waals surface area (Å²) in [5, 5.41) is 0. The van der Waals surface area contributed by atoms with Crippen LogP contribution in [-0.2, 0) is 0 Å². The van der Waals surface area contributed by atoms with Gasteiger partial charge in [-0.15, -0.1) is 0 Å². The Morgan fingerprint density at radius 3 is 1.81 bits per heavy atom. The van der Waals surface area contributed by atoms with Crippen LogP contribution < -0.4 is 5.73 Å². The van der Waals surface area contributed by atoms with Crippen molar-refractivity contribution in [2.24, 2.45) is 0 Å². The highest BCUT2D eigenvalue weighted by atomic mass is 14.6. The van der Waals surface area contributed by atoms with E-state index >= 15 is 0 Å². The lowest BCUT2D eigenvalue weighted by Gasteiger charge is -2.20. The molecule has 0 aliphatic heterocycles. The Balaban J connectivity index is 2.73. The highest BCUT2D eigenvalue weighted by Crippen LogP contribution is 2.36. The first-order chi connectivity index (χ1) is 9.86. The Labute approximate surface area is 128 Å². The molecule has 0 atom stereocenters. The monoisotopic (exact) mass is 279 g/mol. The van der Waals surface area contributed by atoms with E-state index in [4.69, 9.17) is 5.73 Å². The molecule has 0 spiro atoms. The van der Waals surface area contributed by atoms with Crippen molar-refractivity contribution in [3.05, 3.63) is 63.7 Å². The van der Waals surface area contributed by atoms with Crippen LogP contribution in [0, 0.1) is 27.7 Å². The summed E-state index contributed by atoms with van der Waals surface area (Å²) in [6, 6.07) is 10.5. The zero-order chi connectivity index (χ0) is 15.7. The topological polar surface area (TPSA) is 26.0 Å². The van der Waals surface area contributed by atoms with Gasteiger partial charge in [-0.25, -0.2) is 0 Å². The second kappa shape index (κ2) is 5.77. The molecule has 0 saturated carbocycles. The van der Waals surface area contributed by atoms with Crippen LogP contribution in [0.25, 0.3) is 11.1 Å². The molecule has 2 aromatic carbocycles. The first-order valence-corrected chi connectivity index (χ1v) is 7.45. The summed E-state index contributed by atoms with van der Waals surface area (Å²) in [6.45, 7) is 13.0. The van der Waals surface area contributed by atoms with Crippen molar-refractivity contribution in [3.63, 3.8) is 0 Å². The van der Waals surface area contributed by atoms with Crippen molar-refractivity contribution in [1.82, 2.24) is 0 Å². The molecule has 0 fully saturated rings. The summed E-state index contributed by atoms with van der Waals surface area (Å²) in [6.07, 6.45) is 0. The van der Waals surface area contributed by atoms with Gasteiger partial charge < -0.3 is 5.73 Å². The molecule has 2 rings (SSSR count). The third-order valence-corrected chi connectivity index (χ3v) is 4.88. The van der Waals surface area contributed by atoms with Gasteiger partial charge in [0.15, 0.2) is 0 Å². The Morgan fingerprint density at radius 1 is 0.714 bits per heavy atom. The highest BCUT2D eigenvalue weighted by Gasteiger charge is 2.15.